The van der Waals surface area contributed by atoms with Gasteiger partial charge in [0.1, 0.15) is 0 Å². The molecule has 0 saturated heterocycles. The van der Waals surface area contributed by atoms with Crippen molar-refractivity contribution < 1.29 is 0 Å². The molecule has 0 nitrogen and oxygen atoms in total. The van der Waals surface area contributed by atoms with Crippen molar-refractivity contribution in [2.75, 3.05) is 0 Å². The van der Waals surface area contributed by atoms with Gasteiger partial charge in [0, 0.05) is 19.8 Å². The maximum atomic E-state index is 4.05. The summed E-state index contributed by atoms with van der Waals surface area (Å²) in [6.45, 7) is 18.8. The summed E-state index contributed by atoms with van der Waals surface area (Å²) < 4.78 is 2.37. The average molecular weight is 552 g/mol. The minimum Gasteiger partial charge on any atom is -0.0616 e. The Hall–Kier alpha value is -1.38. The normalized spacial score (nSPS) is 29.1. The van der Waals surface area contributed by atoms with E-state index in [0.717, 1.165) is 0 Å². The van der Waals surface area contributed by atoms with Gasteiger partial charge in [0.15, 0.2) is 0 Å². The van der Waals surface area contributed by atoms with Crippen LogP contribution in [0.4, 0.5) is 0 Å². The third-order valence-corrected chi connectivity index (χ3v) is 10.4. The van der Waals surface area contributed by atoms with E-state index >= 15 is 0 Å². The third-order valence-electron chi connectivity index (χ3n) is 8.26. The fraction of sp³-hybridized carbons (Fsp3) is 0.400. The lowest BCUT2D eigenvalue weighted by atomic mass is 9.43. The largest absolute Gasteiger partial charge is 0.0616 e. The van der Waals surface area contributed by atoms with Gasteiger partial charge in [-0.2, -0.15) is 0 Å². The van der Waals surface area contributed by atoms with E-state index in [2.05, 4.69) is 136 Å². The van der Waals surface area contributed by atoms with E-state index in [1.54, 1.807) is 0 Å². The van der Waals surface area contributed by atoms with Gasteiger partial charge in [-0.25, -0.2) is 0 Å². The quantitative estimate of drug-likeness (QED) is 0.301. The van der Waals surface area contributed by atoms with Gasteiger partial charge in [0.05, 0.1) is 0 Å². The predicted octanol–water partition coefficient (Wildman–Crippen LogP) is 9.76. The Morgan fingerprint density at radius 2 is 0.938 bits per heavy atom. The molecule has 0 bridgehead atoms. The number of hydrogen-bond donors (Lipinski definition) is 0. The van der Waals surface area contributed by atoms with Crippen LogP contribution in [0.5, 0.6) is 0 Å². The van der Waals surface area contributed by atoms with E-state index in [-0.39, 0.29) is 21.7 Å². The zero-order valence-electron chi connectivity index (χ0n) is 20.4. The fourth-order valence-corrected chi connectivity index (χ4v) is 7.41. The number of allylic oxidation sites excluding steroid dienone is 12. The van der Waals surface area contributed by atoms with Crippen LogP contribution in [0, 0.1) is 21.7 Å². The molecule has 2 heteroatoms. The Balaban J connectivity index is 2.00. The van der Waals surface area contributed by atoms with Crippen LogP contribution in [0.3, 0.4) is 0 Å². The van der Waals surface area contributed by atoms with Gasteiger partial charge in [-0.1, -0.05) is 104 Å². The summed E-state index contributed by atoms with van der Waals surface area (Å²) in [7, 11) is 0. The first-order chi connectivity index (χ1) is 14.7. The molecule has 2 atom stereocenters. The molecule has 4 aliphatic carbocycles. The smallest absolute Gasteiger partial charge is 0.0362 e. The lowest BCUT2D eigenvalue weighted by Crippen LogP contribution is -2.49. The van der Waals surface area contributed by atoms with E-state index < -0.39 is 0 Å². The van der Waals surface area contributed by atoms with Crippen LogP contribution < -0.4 is 0 Å². The van der Waals surface area contributed by atoms with Crippen molar-refractivity contribution in [1.29, 1.82) is 0 Å². The average Bonchev–Trinajstić information content (AvgIpc) is 2.70. The van der Waals surface area contributed by atoms with Crippen molar-refractivity contribution in [3.63, 3.8) is 0 Å². The van der Waals surface area contributed by atoms with E-state index in [4.69, 9.17) is 0 Å². The molecule has 0 fully saturated rings. The summed E-state index contributed by atoms with van der Waals surface area (Å²) in [5.41, 5.74) is 11.0. The molecule has 0 radical (unpaired) electrons. The zero-order valence-corrected chi connectivity index (χ0v) is 23.5. The molecule has 1 aromatic carbocycles. The molecular formula is C30H32Br2. The molecule has 166 valence electrons. The summed E-state index contributed by atoms with van der Waals surface area (Å²) in [5, 5.41) is 0. The van der Waals surface area contributed by atoms with Crippen molar-refractivity contribution in [3.05, 3.63) is 91.0 Å². The number of hydrogen-bond acceptors (Lipinski definition) is 0. The second-order valence-electron chi connectivity index (χ2n) is 12.1. The highest BCUT2D eigenvalue weighted by Crippen LogP contribution is 2.73. The maximum Gasteiger partial charge on any atom is 0.0362 e. The fourth-order valence-electron chi connectivity index (χ4n) is 5.97. The minimum atomic E-state index is -0.159. The summed E-state index contributed by atoms with van der Waals surface area (Å²) >= 11 is 8.09. The second-order valence-corrected chi connectivity index (χ2v) is 13.7. The highest BCUT2D eigenvalue weighted by Gasteiger charge is 2.61. The first kappa shape index (κ1) is 22.4. The molecule has 0 N–H and O–H groups in total. The first-order valence-electron chi connectivity index (χ1n) is 11.5. The molecule has 0 saturated carbocycles. The first-order valence-corrected chi connectivity index (χ1v) is 13.1. The highest BCUT2D eigenvalue weighted by molar-refractivity contribution is 9.15. The minimum absolute atomic E-state index is 0.0723. The third kappa shape index (κ3) is 2.66. The summed E-state index contributed by atoms with van der Waals surface area (Å²) in [5.74, 6) is 0. The summed E-state index contributed by atoms with van der Waals surface area (Å²) in [6, 6.07) is 9.04. The molecule has 5 rings (SSSR count). The Morgan fingerprint density at radius 3 is 1.25 bits per heavy atom. The summed E-state index contributed by atoms with van der Waals surface area (Å²) in [6.07, 6.45) is 9.88. The van der Waals surface area contributed by atoms with Gasteiger partial charge in [-0.15, -0.1) is 0 Å². The Labute approximate surface area is 210 Å². The van der Waals surface area contributed by atoms with Crippen LogP contribution in [-0.2, 0) is 0 Å². The monoisotopic (exact) mass is 550 g/mol. The molecule has 1 aromatic rings. The second kappa shape index (κ2) is 6.60. The molecular weight excluding hydrogens is 520 g/mol. The van der Waals surface area contributed by atoms with Crippen molar-refractivity contribution in [2.45, 2.75) is 55.4 Å². The van der Waals surface area contributed by atoms with Gasteiger partial charge in [0.25, 0.3) is 0 Å². The standard InChI is InChI=1S/C30H32Br2/c1-27(2,3)17-13-21-19-11-9-10-12-20(19)22-14-18(28(4,5)6)16-24-26(32)25(31)23(15-17)29(21,7)30(22,24)8/h9-16H,1-8H3/t29-,30-/m0/s1. The molecule has 4 aliphatic rings. The zero-order chi connectivity index (χ0) is 23.4. The van der Waals surface area contributed by atoms with Crippen molar-refractivity contribution >= 4 is 43.0 Å². The van der Waals surface area contributed by atoms with Crippen LogP contribution in [0.1, 0.15) is 66.5 Å². The maximum absolute atomic E-state index is 4.05. The van der Waals surface area contributed by atoms with Crippen molar-refractivity contribution in [2.24, 2.45) is 21.7 Å². The van der Waals surface area contributed by atoms with Crippen LogP contribution in [0.2, 0.25) is 0 Å². The number of halogens is 2. The Bertz CT molecular complexity index is 1160. The number of rotatable bonds is 0. The van der Waals surface area contributed by atoms with E-state index in [1.165, 1.54) is 53.5 Å². The highest BCUT2D eigenvalue weighted by atomic mass is 79.9. The number of fused-ring (bicyclic) bond motifs is 3. The van der Waals surface area contributed by atoms with Crippen LogP contribution in [0.25, 0.3) is 11.1 Å². The van der Waals surface area contributed by atoms with Crippen molar-refractivity contribution in [3.8, 4) is 0 Å². The lowest BCUT2D eigenvalue weighted by molar-refractivity contribution is 0.297. The van der Waals surface area contributed by atoms with Gasteiger partial charge in [-0.05, 0) is 87.3 Å². The van der Waals surface area contributed by atoms with E-state index in [0.29, 0.717) is 0 Å². The van der Waals surface area contributed by atoms with E-state index in [9.17, 15) is 0 Å². The molecule has 0 heterocycles. The SMILES string of the molecule is CC(C)(C)C1=CC2=C(Br)C(Br)=C3C=C(C(C)(C)C)C=C4c5ccccc5C(=C1)[C@]2(C)[C@@]43C. The number of benzene rings is 1. The molecule has 0 spiro atoms. The molecule has 0 unspecified atom stereocenters. The van der Waals surface area contributed by atoms with Crippen LogP contribution in [0.15, 0.2) is 79.8 Å². The van der Waals surface area contributed by atoms with Crippen molar-refractivity contribution in [1.82, 2.24) is 0 Å². The summed E-state index contributed by atoms with van der Waals surface area (Å²) in [4.78, 5) is 0. The Morgan fingerprint density at radius 1 is 0.594 bits per heavy atom. The Kier molecular flexibility index (Phi) is 4.62. The molecule has 0 amide bonds. The van der Waals surface area contributed by atoms with Gasteiger partial charge in [-0.3, -0.25) is 0 Å². The molecule has 0 aliphatic heterocycles. The van der Waals surface area contributed by atoms with Gasteiger partial charge < -0.3 is 0 Å². The molecule has 0 aromatic heterocycles. The lowest BCUT2D eigenvalue weighted by Gasteiger charge is -2.60. The van der Waals surface area contributed by atoms with Crippen LogP contribution >= 0.6 is 31.9 Å². The van der Waals surface area contributed by atoms with Crippen LogP contribution in [-0.4, -0.2) is 0 Å². The topological polar surface area (TPSA) is 0 Å². The van der Waals surface area contributed by atoms with Gasteiger partial charge in [0.2, 0.25) is 0 Å². The van der Waals surface area contributed by atoms with Gasteiger partial charge >= 0.3 is 0 Å². The molecule has 32 heavy (non-hydrogen) atoms. The van der Waals surface area contributed by atoms with E-state index in [1.807, 2.05) is 0 Å². The predicted molar refractivity (Wildman–Crippen MR) is 146 cm³/mol.